The lowest BCUT2D eigenvalue weighted by Gasteiger charge is -2.29. The van der Waals surface area contributed by atoms with Crippen molar-refractivity contribution in [2.24, 2.45) is 0 Å². The van der Waals surface area contributed by atoms with E-state index in [-0.39, 0.29) is 11.7 Å². The van der Waals surface area contributed by atoms with Crippen LogP contribution >= 0.6 is 11.8 Å². The van der Waals surface area contributed by atoms with Crippen LogP contribution in [0, 0.1) is 0 Å². The van der Waals surface area contributed by atoms with Crippen LogP contribution in [-0.2, 0) is 11.2 Å². The molecule has 0 aliphatic carbocycles. The molecule has 0 radical (unpaired) electrons. The Hall–Kier alpha value is -3.78. The highest BCUT2D eigenvalue weighted by molar-refractivity contribution is 7.99. The topological polar surface area (TPSA) is 69.5 Å². The molecule has 0 saturated heterocycles. The molecule has 0 bridgehead atoms. The largest absolute Gasteiger partial charge is 0.485 e. The zero-order valence-electron chi connectivity index (χ0n) is 19.0. The SMILES string of the molecule is O=C(CSc1nnc(C2COc3ccccc3O2)n1-c1ccccc1)N1CCCc2ccccc21. The van der Waals surface area contributed by atoms with Crippen molar-refractivity contribution in [1.82, 2.24) is 14.8 Å². The predicted molar refractivity (Wildman–Crippen MR) is 135 cm³/mol. The van der Waals surface area contributed by atoms with Crippen molar-refractivity contribution >= 4 is 23.4 Å². The molecule has 4 aromatic rings. The number of ether oxygens (including phenoxy) is 2. The molecule has 0 saturated carbocycles. The second kappa shape index (κ2) is 9.46. The molecule has 6 rings (SSSR count). The van der Waals surface area contributed by atoms with Crippen LogP contribution in [0.2, 0.25) is 0 Å². The average molecular weight is 485 g/mol. The number of benzene rings is 3. The van der Waals surface area contributed by atoms with Gasteiger partial charge in [0.15, 0.2) is 28.6 Å². The van der Waals surface area contributed by atoms with Crippen molar-refractivity contribution in [3.63, 3.8) is 0 Å². The van der Waals surface area contributed by atoms with Crippen molar-refractivity contribution in [3.8, 4) is 17.2 Å². The Labute approximate surface area is 207 Å². The second-order valence-corrected chi connectivity index (χ2v) is 9.38. The Morgan fingerprint density at radius 1 is 0.943 bits per heavy atom. The standard InChI is InChI=1S/C27H24N4O3S/c32-25(30-16-8-10-19-9-4-5-13-21(19)30)18-35-27-29-28-26(31(27)20-11-2-1-3-12-20)24-17-33-22-14-6-7-15-23(22)34-24/h1-7,9,11-15,24H,8,10,16-18H2. The third-order valence-electron chi connectivity index (χ3n) is 6.21. The van der Waals surface area contributed by atoms with Gasteiger partial charge < -0.3 is 14.4 Å². The van der Waals surface area contributed by atoms with Gasteiger partial charge in [0, 0.05) is 17.9 Å². The summed E-state index contributed by atoms with van der Waals surface area (Å²) in [4.78, 5) is 15.1. The summed E-state index contributed by atoms with van der Waals surface area (Å²) in [6.45, 7) is 1.07. The molecule has 7 nitrogen and oxygen atoms in total. The first kappa shape index (κ1) is 21.7. The zero-order chi connectivity index (χ0) is 23.6. The van der Waals surface area contributed by atoms with Crippen molar-refractivity contribution in [3.05, 3.63) is 90.3 Å². The van der Waals surface area contributed by atoms with Crippen LogP contribution in [0.3, 0.4) is 0 Å². The number of rotatable bonds is 5. The molecule has 0 spiro atoms. The summed E-state index contributed by atoms with van der Waals surface area (Å²) in [5, 5.41) is 9.58. The van der Waals surface area contributed by atoms with Crippen LogP contribution in [-0.4, -0.2) is 39.6 Å². The highest BCUT2D eigenvalue weighted by Crippen LogP contribution is 2.37. The quantitative estimate of drug-likeness (QED) is 0.377. The van der Waals surface area contributed by atoms with Gasteiger partial charge >= 0.3 is 0 Å². The molecular weight excluding hydrogens is 460 g/mol. The number of para-hydroxylation sites is 4. The number of thioether (sulfide) groups is 1. The first-order valence-electron chi connectivity index (χ1n) is 11.7. The number of amides is 1. The van der Waals surface area contributed by atoms with Crippen LogP contribution in [0.5, 0.6) is 11.5 Å². The first-order valence-corrected chi connectivity index (χ1v) is 12.7. The normalized spacial score (nSPS) is 16.6. The van der Waals surface area contributed by atoms with E-state index in [4.69, 9.17) is 9.47 Å². The van der Waals surface area contributed by atoms with Gasteiger partial charge in [-0.1, -0.05) is 60.3 Å². The minimum absolute atomic E-state index is 0.0671. The van der Waals surface area contributed by atoms with Gasteiger partial charge in [0.1, 0.15) is 6.61 Å². The number of aryl methyl sites for hydroxylation is 1. The van der Waals surface area contributed by atoms with E-state index < -0.39 is 6.10 Å². The van der Waals surface area contributed by atoms with Gasteiger partial charge in [-0.05, 0) is 48.7 Å². The van der Waals surface area contributed by atoms with Crippen LogP contribution in [0.15, 0.2) is 84.0 Å². The molecular formula is C27H24N4O3S. The van der Waals surface area contributed by atoms with Gasteiger partial charge in [-0.2, -0.15) is 0 Å². The zero-order valence-corrected chi connectivity index (χ0v) is 19.9. The van der Waals surface area contributed by atoms with E-state index in [0.717, 1.165) is 36.5 Å². The summed E-state index contributed by atoms with van der Waals surface area (Å²) < 4.78 is 14.1. The van der Waals surface area contributed by atoms with E-state index in [1.165, 1.54) is 17.3 Å². The number of fused-ring (bicyclic) bond motifs is 2. The summed E-state index contributed by atoms with van der Waals surface area (Å²) in [6, 6.07) is 25.6. The van der Waals surface area contributed by atoms with Gasteiger partial charge in [0.25, 0.3) is 0 Å². The van der Waals surface area contributed by atoms with Gasteiger partial charge in [-0.15, -0.1) is 10.2 Å². The van der Waals surface area contributed by atoms with Crippen LogP contribution in [0.1, 0.15) is 23.9 Å². The summed E-state index contributed by atoms with van der Waals surface area (Å²) in [7, 11) is 0. The fraction of sp³-hybridized carbons (Fsp3) is 0.222. The van der Waals surface area contributed by atoms with E-state index in [9.17, 15) is 4.79 Å². The summed E-state index contributed by atoms with van der Waals surface area (Å²) >= 11 is 1.39. The lowest BCUT2D eigenvalue weighted by atomic mass is 10.0. The van der Waals surface area contributed by atoms with Crippen LogP contribution in [0.4, 0.5) is 5.69 Å². The van der Waals surface area contributed by atoms with Crippen molar-refractivity contribution in [2.45, 2.75) is 24.1 Å². The molecule has 3 heterocycles. The molecule has 1 aromatic heterocycles. The third kappa shape index (κ3) is 4.25. The Kier molecular flexibility index (Phi) is 5.88. The van der Waals surface area contributed by atoms with Gasteiger partial charge in [-0.3, -0.25) is 9.36 Å². The minimum atomic E-state index is -0.420. The van der Waals surface area contributed by atoms with E-state index in [2.05, 4.69) is 16.3 Å². The van der Waals surface area contributed by atoms with E-state index in [1.54, 1.807) is 0 Å². The maximum absolute atomic E-state index is 13.2. The molecule has 0 fully saturated rings. The Morgan fingerprint density at radius 2 is 1.71 bits per heavy atom. The number of hydrogen-bond donors (Lipinski definition) is 0. The van der Waals surface area contributed by atoms with E-state index >= 15 is 0 Å². The summed E-state index contributed by atoms with van der Waals surface area (Å²) in [6.07, 6.45) is 1.56. The fourth-order valence-corrected chi connectivity index (χ4v) is 5.38. The highest BCUT2D eigenvalue weighted by Gasteiger charge is 2.30. The molecule has 0 N–H and O–H groups in total. The number of carbonyl (C=O) groups excluding carboxylic acids is 1. The number of anilines is 1. The van der Waals surface area contributed by atoms with Crippen molar-refractivity contribution < 1.29 is 14.3 Å². The Bertz CT molecular complexity index is 1360. The maximum atomic E-state index is 13.2. The molecule has 8 heteroatoms. The third-order valence-corrected chi connectivity index (χ3v) is 7.12. The number of nitrogens with zero attached hydrogens (tertiary/aromatic N) is 4. The molecule has 1 unspecified atom stereocenters. The molecule has 3 aromatic carbocycles. The van der Waals surface area contributed by atoms with Gasteiger partial charge in [0.05, 0.1) is 5.75 Å². The smallest absolute Gasteiger partial charge is 0.237 e. The average Bonchev–Trinajstić information content (AvgIpc) is 3.35. The monoisotopic (exact) mass is 484 g/mol. The van der Waals surface area contributed by atoms with Crippen molar-refractivity contribution in [2.75, 3.05) is 23.8 Å². The predicted octanol–water partition coefficient (Wildman–Crippen LogP) is 4.85. The van der Waals surface area contributed by atoms with Gasteiger partial charge in [0.2, 0.25) is 5.91 Å². The van der Waals surface area contributed by atoms with E-state index in [1.807, 2.05) is 82.3 Å². The number of aromatic nitrogens is 3. The molecule has 176 valence electrons. The van der Waals surface area contributed by atoms with Crippen molar-refractivity contribution in [1.29, 1.82) is 0 Å². The van der Waals surface area contributed by atoms with Gasteiger partial charge in [-0.25, -0.2) is 0 Å². The number of carbonyl (C=O) groups is 1. The molecule has 35 heavy (non-hydrogen) atoms. The maximum Gasteiger partial charge on any atom is 0.237 e. The summed E-state index contributed by atoms with van der Waals surface area (Å²) in [5.74, 6) is 2.38. The molecule has 2 aliphatic heterocycles. The lowest BCUT2D eigenvalue weighted by Crippen LogP contribution is -2.36. The molecule has 1 amide bonds. The first-order chi connectivity index (χ1) is 17.3. The van der Waals surface area contributed by atoms with Crippen LogP contribution < -0.4 is 14.4 Å². The van der Waals surface area contributed by atoms with Crippen LogP contribution in [0.25, 0.3) is 5.69 Å². The Balaban J connectivity index is 1.27. The highest BCUT2D eigenvalue weighted by atomic mass is 32.2. The minimum Gasteiger partial charge on any atom is -0.485 e. The molecule has 1 atom stereocenters. The fourth-order valence-electron chi connectivity index (χ4n) is 4.55. The van der Waals surface area contributed by atoms with E-state index in [0.29, 0.717) is 23.3 Å². The lowest BCUT2D eigenvalue weighted by molar-refractivity contribution is -0.116. The number of hydrogen-bond acceptors (Lipinski definition) is 6. The Morgan fingerprint density at radius 3 is 2.60 bits per heavy atom. The second-order valence-electron chi connectivity index (χ2n) is 8.44. The summed E-state index contributed by atoms with van der Waals surface area (Å²) in [5.41, 5.74) is 3.15. The molecule has 2 aliphatic rings.